The highest BCUT2D eigenvalue weighted by molar-refractivity contribution is 5.95. The predicted octanol–water partition coefficient (Wildman–Crippen LogP) is 1.41. The molecule has 3 aromatic rings. The SMILES string of the molecule is Cc1cccc(C)c1NC(=O)CNC(=O)COc1ccc(-n2cnnn2)cc1. The first kappa shape index (κ1) is 19.0. The number of ether oxygens (including phenoxy) is 1. The largest absolute Gasteiger partial charge is 0.484 e. The molecule has 0 saturated heterocycles. The normalized spacial score (nSPS) is 10.4. The third-order valence-corrected chi connectivity index (χ3v) is 4.01. The summed E-state index contributed by atoms with van der Waals surface area (Å²) in [5, 5.41) is 16.3. The summed E-state index contributed by atoms with van der Waals surface area (Å²) in [6, 6.07) is 12.7. The topological polar surface area (TPSA) is 111 Å². The van der Waals surface area contributed by atoms with Gasteiger partial charge in [-0.25, -0.2) is 4.68 Å². The van der Waals surface area contributed by atoms with E-state index in [0.717, 1.165) is 22.5 Å². The van der Waals surface area contributed by atoms with Crippen LogP contribution in [0.5, 0.6) is 5.75 Å². The number of rotatable bonds is 7. The van der Waals surface area contributed by atoms with Crippen molar-refractivity contribution in [3.05, 3.63) is 59.9 Å². The van der Waals surface area contributed by atoms with E-state index in [-0.39, 0.29) is 25.0 Å². The van der Waals surface area contributed by atoms with Crippen LogP contribution < -0.4 is 15.4 Å². The minimum atomic E-state index is -0.388. The molecule has 3 rings (SSSR count). The van der Waals surface area contributed by atoms with Gasteiger partial charge in [-0.1, -0.05) is 18.2 Å². The van der Waals surface area contributed by atoms with Gasteiger partial charge in [-0.2, -0.15) is 0 Å². The second kappa shape index (κ2) is 8.76. The van der Waals surface area contributed by atoms with E-state index in [1.165, 1.54) is 11.0 Å². The number of hydrogen-bond donors (Lipinski definition) is 2. The Hall–Kier alpha value is -3.75. The highest BCUT2D eigenvalue weighted by atomic mass is 16.5. The number of benzene rings is 2. The third kappa shape index (κ3) is 4.91. The highest BCUT2D eigenvalue weighted by Crippen LogP contribution is 2.19. The van der Waals surface area contributed by atoms with Gasteiger partial charge in [0.2, 0.25) is 5.91 Å². The van der Waals surface area contributed by atoms with E-state index < -0.39 is 0 Å². The molecule has 0 aliphatic rings. The van der Waals surface area contributed by atoms with Gasteiger partial charge in [-0.15, -0.1) is 5.10 Å². The molecule has 2 amide bonds. The van der Waals surface area contributed by atoms with Crippen LogP contribution in [0, 0.1) is 13.8 Å². The molecular weight excluding hydrogens is 360 g/mol. The van der Waals surface area contributed by atoms with Gasteiger partial charge in [-0.05, 0) is 59.7 Å². The summed E-state index contributed by atoms with van der Waals surface area (Å²) in [5.74, 6) is -0.162. The molecule has 0 atom stereocenters. The van der Waals surface area contributed by atoms with Gasteiger partial charge in [0.05, 0.1) is 12.2 Å². The molecule has 0 radical (unpaired) electrons. The fraction of sp³-hybridized carbons (Fsp3) is 0.211. The van der Waals surface area contributed by atoms with Crippen molar-refractivity contribution < 1.29 is 14.3 Å². The van der Waals surface area contributed by atoms with Crippen LogP contribution >= 0.6 is 0 Å². The van der Waals surface area contributed by atoms with Crippen molar-refractivity contribution in [1.29, 1.82) is 0 Å². The molecule has 1 aromatic heterocycles. The van der Waals surface area contributed by atoms with Gasteiger partial charge >= 0.3 is 0 Å². The lowest BCUT2D eigenvalue weighted by Crippen LogP contribution is -2.36. The fourth-order valence-corrected chi connectivity index (χ4v) is 2.55. The molecule has 0 fully saturated rings. The number of nitrogens with one attached hydrogen (secondary N) is 2. The Morgan fingerprint density at radius 2 is 1.75 bits per heavy atom. The molecular formula is C19H20N6O3. The standard InChI is InChI=1S/C19H20N6O3/c1-13-4-3-5-14(2)19(13)22-17(26)10-20-18(27)11-28-16-8-6-15(7-9-16)25-12-21-23-24-25/h3-9,12H,10-11H2,1-2H3,(H,20,27)(H,22,26). The molecule has 0 unspecified atom stereocenters. The molecule has 0 aliphatic carbocycles. The van der Waals surface area contributed by atoms with Crippen molar-refractivity contribution in [3.63, 3.8) is 0 Å². The van der Waals surface area contributed by atoms with Crippen molar-refractivity contribution in [1.82, 2.24) is 25.5 Å². The molecule has 144 valence electrons. The number of carbonyl (C=O) groups is 2. The Bertz CT molecular complexity index is 934. The first-order valence-corrected chi connectivity index (χ1v) is 8.62. The predicted molar refractivity (Wildman–Crippen MR) is 102 cm³/mol. The quantitative estimate of drug-likeness (QED) is 0.641. The summed E-state index contributed by atoms with van der Waals surface area (Å²) in [7, 11) is 0. The van der Waals surface area contributed by atoms with Crippen molar-refractivity contribution in [2.24, 2.45) is 0 Å². The maximum Gasteiger partial charge on any atom is 0.258 e. The Balaban J connectivity index is 1.44. The molecule has 9 nitrogen and oxygen atoms in total. The second-order valence-electron chi connectivity index (χ2n) is 6.13. The van der Waals surface area contributed by atoms with Gasteiger partial charge < -0.3 is 15.4 Å². The number of aryl methyl sites for hydroxylation is 2. The fourth-order valence-electron chi connectivity index (χ4n) is 2.55. The van der Waals surface area contributed by atoms with Gasteiger partial charge in [0.1, 0.15) is 12.1 Å². The summed E-state index contributed by atoms with van der Waals surface area (Å²) >= 11 is 0. The van der Waals surface area contributed by atoms with Crippen LogP contribution in [0.3, 0.4) is 0 Å². The van der Waals surface area contributed by atoms with Crippen LogP contribution in [0.4, 0.5) is 5.69 Å². The van der Waals surface area contributed by atoms with E-state index in [2.05, 4.69) is 26.2 Å². The molecule has 0 saturated carbocycles. The summed E-state index contributed by atoms with van der Waals surface area (Å²) in [6.45, 7) is 3.51. The number of aromatic nitrogens is 4. The van der Waals surface area contributed by atoms with E-state index in [9.17, 15) is 9.59 Å². The summed E-state index contributed by atoms with van der Waals surface area (Å²) in [6.07, 6.45) is 1.48. The number of nitrogens with zero attached hydrogens (tertiary/aromatic N) is 4. The smallest absolute Gasteiger partial charge is 0.258 e. The number of para-hydroxylation sites is 1. The summed E-state index contributed by atoms with van der Waals surface area (Å²) < 4.78 is 6.93. The number of hydrogen-bond acceptors (Lipinski definition) is 6. The maximum absolute atomic E-state index is 12.1. The molecule has 2 N–H and O–H groups in total. The van der Waals surface area contributed by atoms with Crippen molar-refractivity contribution in [3.8, 4) is 11.4 Å². The molecule has 0 aliphatic heterocycles. The zero-order valence-electron chi connectivity index (χ0n) is 15.5. The Labute approximate surface area is 161 Å². The zero-order valence-corrected chi connectivity index (χ0v) is 15.5. The van der Waals surface area contributed by atoms with Crippen LogP contribution in [0.1, 0.15) is 11.1 Å². The summed E-state index contributed by atoms with van der Waals surface area (Å²) in [4.78, 5) is 24.0. The first-order chi connectivity index (χ1) is 13.5. The lowest BCUT2D eigenvalue weighted by atomic mass is 10.1. The maximum atomic E-state index is 12.1. The molecule has 2 aromatic carbocycles. The Morgan fingerprint density at radius 3 is 2.39 bits per heavy atom. The van der Waals surface area contributed by atoms with E-state index >= 15 is 0 Å². The average Bonchev–Trinajstić information content (AvgIpc) is 3.23. The Kier molecular flexibility index (Phi) is 5.95. The highest BCUT2D eigenvalue weighted by Gasteiger charge is 2.09. The lowest BCUT2D eigenvalue weighted by Gasteiger charge is -2.12. The van der Waals surface area contributed by atoms with E-state index in [1.54, 1.807) is 24.3 Å². The van der Waals surface area contributed by atoms with E-state index in [0.29, 0.717) is 5.75 Å². The van der Waals surface area contributed by atoms with Crippen LogP contribution in [0.15, 0.2) is 48.8 Å². The van der Waals surface area contributed by atoms with Gasteiger partial charge in [0.25, 0.3) is 5.91 Å². The lowest BCUT2D eigenvalue weighted by molar-refractivity contribution is -0.125. The van der Waals surface area contributed by atoms with Crippen molar-refractivity contribution in [2.45, 2.75) is 13.8 Å². The van der Waals surface area contributed by atoms with Gasteiger partial charge in [-0.3, -0.25) is 9.59 Å². The molecule has 0 bridgehead atoms. The van der Waals surface area contributed by atoms with E-state index in [1.807, 2.05) is 32.0 Å². The zero-order chi connectivity index (χ0) is 19.9. The molecule has 0 spiro atoms. The third-order valence-electron chi connectivity index (χ3n) is 4.01. The van der Waals surface area contributed by atoms with Gasteiger partial charge in [0.15, 0.2) is 6.61 Å². The summed E-state index contributed by atoms with van der Waals surface area (Å²) in [5.41, 5.74) is 3.46. The number of carbonyl (C=O) groups excluding carboxylic acids is 2. The molecule has 28 heavy (non-hydrogen) atoms. The van der Waals surface area contributed by atoms with Crippen LogP contribution in [-0.4, -0.2) is 45.2 Å². The van der Waals surface area contributed by atoms with Crippen molar-refractivity contribution >= 4 is 17.5 Å². The second-order valence-corrected chi connectivity index (χ2v) is 6.13. The number of anilines is 1. The van der Waals surface area contributed by atoms with Crippen LogP contribution in [0.25, 0.3) is 5.69 Å². The molecule has 9 heteroatoms. The average molecular weight is 380 g/mol. The van der Waals surface area contributed by atoms with Gasteiger partial charge in [0, 0.05) is 5.69 Å². The molecule has 1 heterocycles. The Morgan fingerprint density at radius 1 is 1.04 bits per heavy atom. The van der Waals surface area contributed by atoms with Crippen LogP contribution in [0.2, 0.25) is 0 Å². The number of amides is 2. The minimum absolute atomic E-state index is 0.131. The minimum Gasteiger partial charge on any atom is -0.484 e. The number of tetrazole rings is 1. The first-order valence-electron chi connectivity index (χ1n) is 8.62. The monoisotopic (exact) mass is 380 g/mol. The van der Waals surface area contributed by atoms with Crippen molar-refractivity contribution in [2.75, 3.05) is 18.5 Å². The van der Waals surface area contributed by atoms with Crippen LogP contribution in [-0.2, 0) is 9.59 Å². The van der Waals surface area contributed by atoms with E-state index in [4.69, 9.17) is 4.74 Å².